The molecule has 0 aliphatic heterocycles. The third-order valence-corrected chi connectivity index (χ3v) is 6.99. The Balaban J connectivity index is 1.58. The van der Waals surface area contributed by atoms with Gasteiger partial charge in [0.05, 0.1) is 21.7 Å². The van der Waals surface area contributed by atoms with Gasteiger partial charge in [-0.15, -0.1) is 0 Å². The van der Waals surface area contributed by atoms with E-state index in [-0.39, 0.29) is 46.8 Å². The number of nitro benzene ring substituents is 1. The van der Waals surface area contributed by atoms with Crippen LogP contribution >= 0.6 is 0 Å². The van der Waals surface area contributed by atoms with Crippen LogP contribution in [0.1, 0.15) is 57.8 Å². The topological polar surface area (TPSA) is 107 Å². The molecule has 4 aromatic rings. The number of nitrogens with zero attached hydrogens (tertiary/aromatic N) is 3. The van der Waals surface area contributed by atoms with Crippen molar-refractivity contribution in [1.82, 2.24) is 15.1 Å². The van der Waals surface area contributed by atoms with Crippen molar-refractivity contribution in [2.75, 3.05) is 0 Å². The zero-order valence-electron chi connectivity index (χ0n) is 22.2. The molecule has 0 fully saturated rings. The SMILES string of the molecule is CC1(C)CC(=O)c2c(-c3ccc(C(F)(F)F)cc3)nn(-c3ccc(C(=O)NCc4ccccc4)cc3[N+](=O)[O-])c2C1. The summed E-state index contributed by atoms with van der Waals surface area (Å²) in [6, 6.07) is 17.4. The van der Waals surface area contributed by atoms with Crippen molar-refractivity contribution >= 4 is 17.4 Å². The first-order chi connectivity index (χ1) is 19.3. The number of carbonyl (C=O) groups excluding carboxylic acids is 2. The van der Waals surface area contributed by atoms with E-state index in [1.165, 1.54) is 28.9 Å². The molecule has 210 valence electrons. The van der Waals surface area contributed by atoms with Crippen molar-refractivity contribution in [2.45, 2.75) is 39.4 Å². The van der Waals surface area contributed by atoms with Crippen molar-refractivity contribution in [3.05, 3.63) is 111 Å². The van der Waals surface area contributed by atoms with Crippen LogP contribution in [0.4, 0.5) is 18.9 Å². The number of Topliss-reactive ketones (excluding diaryl/α,β-unsaturated/α-hetero) is 1. The van der Waals surface area contributed by atoms with Crippen LogP contribution in [0.3, 0.4) is 0 Å². The van der Waals surface area contributed by atoms with Gasteiger partial charge in [0.1, 0.15) is 11.4 Å². The van der Waals surface area contributed by atoms with Crippen molar-refractivity contribution in [3.8, 4) is 16.9 Å². The molecular weight excluding hydrogens is 537 g/mol. The molecule has 8 nitrogen and oxygen atoms in total. The molecule has 3 aromatic carbocycles. The first kappa shape index (κ1) is 27.8. The zero-order chi connectivity index (χ0) is 29.5. The number of nitrogens with one attached hydrogen (secondary N) is 1. The second kappa shape index (κ2) is 10.3. The minimum atomic E-state index is -4.53. The summed E-state index contributed by atoms with van der Waals surface area (Å²) in [4.78, 5) is 37.6. The second-order valence-corrected chi connectivity index (χ2v) is 10.7. The molecule has 0 atom stereocenters. The highest BCUT2D eigenvalue weighted by molar-refractivity contribution is 6.04. The highest BCUT2D eigenvalue weighted by Crippen LogP contribution is 2.41. The van der Waals surface area contributed by atoms with Crippen LogP contribution < -0.4 is 5.32 Å². The lowest BCUT2D eigenvalue weighted by molar-refractivity contribution is -0.384. The van der Waals surface area contributed by atoms with Crippen LogP contribution in [0, 0.1) is 15.5 Å². The monoisotopic (exact) mass is 562 g/mol. The quantitative estimate of drug-likeness (QED) is 0.212. The fourth-order valence-electron chi connectivity index (χ4n) is 5.04. The summed E-state index contributed by atoms with van der Waals surface area (Å²) in [5.41, 5.74) is 0.300. The van der Waals surface area contributed by atoms with Gasteiger partial charge in [-0.2, -0.15) is 18.3 Å². The van der Waals surface area contributed by atoms with Gasteiger partial charge in [0.25, 0.3) is 11.6 Å². The second-order valence-electron chi connectivity index (χ2n) is 10.7. The predicted octanol–water partition coefficient (Wildman–Crippen LogP) is 6.55. The lowest BCUT2D eigenvalue weighted by atomic mass is 9.75. The van der Waals surface area contributed by atoms with Gasteiger partial charge in [0, 0.05) is 30.2 Å². The van der Waals surface area contributed by atoms with E-state index in [4.69, 9.17) is 0 Å². The van der Waals surface area contributed by atoms with Crippen molar-refractivity contribution in [1.29, 1.82) is 0 Å². The Hall–Kier alpha value is -4.80. The number of benzene rings is 3. The Morgan fingerprint density at radius 1 is 1.05 bits per heavy atom. The molecule has 1 amide bonds. The maximum atomic E-state index is 13.3. The van der Waals surface area contributed by atoms with Crippen LogP contribution in [0.15, 0.2) is 72.8 Å². The smallest absolute Gasteiger partial charge is 0.348 e. The van der Waals surface area contributed by atoms with Gasteiger partial charge >= 0.3 is 6.18 Å². The molecule has 1 aromatic heterocycles. The summed E-state index contributed by atoms with van der Waals surface area (Å²) in [7, 11) is 0. The van der Waals surface area contributed by atoms with Crippen LogP contribution in [0.5, 0.6) is 0 Å². The van der Waals surface area contributed by atoms with Crippen molar-refractivity contribution in [3.63, 3.8) is 0 Å². The number of alkyl halides is 3. The van der Waals surface area contributed by atoms with E-state index in [0.717, 1.165) is 23.8 Å². The summed E-state index contributed by atoms with van der Waals surface area (Å²) >= 11 is 0. The number of hydrogen-bond donors (Lipinski definition) is 1. The van der Waals surface area contributed by atoms with E-state index in [1.807, 2.05) is 44.2 Å². The molecule has 0 saturated carbocycles. The molecule has 0 radical (unpaired) electrons. The molecule has 41 heavy (non-hydrogen) atoms. The Bertz CT molecular complexity index is 1660. The third-order valence-electron chi connectivity index (χ3n) is 6.99. The van der Waals surface area contributed by atoms with Gasteiger partial charge in [0.15, 0.2) is 5.78 Å². The predicted molar refractivity (Wildman–Crippen MR) is 145 cm³/mol. The first-order valence-electron chi connectivity index (χ1n) is 12.8. The lowest BCUT2D eigenvalue weighted by Crippen LogP contribution is -2.28. The minimum absolute atomic E-state index is 0.0366. The van der Waals surface area contributed by atoms with Gasteiger partial charge in [0.2, 0.25) is 0 Å². The van der Waals surface area contributed by atoms with Crippen LogP contribution in [0.2, 0.25) is 0 Å². The van der Waals surface area contributed by atoms with E-state index >= 15 is 0 Å². The fourth-order valence-corrected chi connectivity index (χ4v) is 5.04. The molecule has 1 N–H and O–H groups in total. The summed E-state index contributed by atoms with van der Waals surface area (Å²) in [6.45, 7) is 4.00. The molecule has 11 heteroatoms. The van der Waals surface area contributed by atoms with Crippen LogP contribution in [-0.2, 0) is 19.1 Å². The summed E-state index contributed by atoms with van der Waals surface area (Å²) < 4.78 is 40.7. The molecule has 1 heterocycles. The molecule has 5 rings (SSSR count). The van der Waals surface area contributed by atoms with Gasteiger partial charge in [-0.1, -0.05) is 56.3 Å². The average molecular weight is 563 g/mol. The number of rotatable bonds is 6. The number of ketones is 1. The summed E-state index contributed by atoms with van der Waals surface area (Å²) in [6.07, 6.45) is -4.01. The molecule has 0 bridgehead atoms. The highest BCUT2D eigenvalue weighted by Gasteiger charge is 2.38. The number of nitro groups is 1. The summed E-state index contributed by atoms with van der Waals surface area (Å²) in [5, 5.41) is 19.5. The number of carbonyl (C=O) groups is 2. The first-order valence-corrected chi connectivity index (χ1v) is 12.8. The van der Waals surface area contributed by atoms with E-state index in [0.29, 0.717) is 12.1 Å². The van der Waals surface area contributed by atoms with Crippen molar-refractivity contribution in [2.24, 2.45) is 5.41 Å². The van der Waals surface area contributed by atoms with E-state index in [1.54, 1.807) is 0 Å². The van der Waals surface area contributed by atoms with Gasteiger partial charge in [-0.05, 0) is 41.7 Å². The molecule has 1 aliphatic carbocycles. The maximum absolute atomic E-state index is 13.3. The average Bonchev–Trinajstić information content (AvgIpc) is 3.30. The van der Waals surface area contributed by atoms with Gasteiger partial charge < -0.3 is 5.32 Å². The Morgan fingerprint density at radius 2 is 1.73 bits per heavy atom. The van der Waals surface area contributed by atoms with E-state index in [2.05, 4.69) is 10.4 Å². The van der Waals surface area contributed by atoms with Crippen LogP contribution in [0.25, 0.3) is 16.9 Å². The van der Waals surface area contributed by atoms with Gasteiger partial charge in [-0.3, -0.25) is 19.7 Å². The third kappa shape index (κ3) is 5.60. The highest BCUT2D eigenvalue weighted by atomic mass is 19.4. The zero-order valence-corrected chi connectivity index (χ0v) is 22.2. The molecule has 0 saturated heterocycles. The molecule has 0 spiro atoms. The molecule has 1 aliphatic rings. The largest absolute Gasteiger partial charge is 0.416 e. The summed E-state index contributed by atoms with van der Waals surface area (Å²) in [5.74, 6) is -0.760. The fraction of sp³-hybridized carbons (Fsp3) is 0.233. The number of fused-ring (bicyclic) bond motifs is 1. The van der Waals surface area contributed by atoms with Crippen molar-refractivity contribution < 1.29 is 27.7 Å². The Labute approximate surface area is 233 Å². The number of amides is 1. The molecular formula is C30H25F3N4O4. The number of halogens is 3. The Kier molecular flexibility index (Phi) is 6.98. The number of hydrogen-bond acceptors (Lipinski definition) is 5. The van der Waals surface area contributed by atoms with E-state index < -0.39 is 33.7 Å². The standard InChI is InChI=1S/C30H25F3N4O4/c1-29(2)15-24-26(25(38)16-29)27(19-8-11-21(12-9-19)30(31,32)33)35-36(24)22-13-10-20(14-23(22)37(40)41)28(39)34-17-18-6-4-3-5-7-18/h3-14H,15-17H2,1-2H3,(H,34,39). The normalized spacial score (nSPS) is 14.4. The lowest BCUT2D eigenvalue weighted by Gasteiger charge is -2.29. The van der Waals surface area contributed by atoms with Crippen LogP contribution in [-0.4, -0.2) is 26.4 Å². The van der Waals surface area contributed by atoms with Gasteiger partial charge in [-0.25, -0.2) is 4.68 Å². The van der Waals surface area contributed by atoms with E-state index in [9.17, 15) is 32.9 Å². The number of aromatic nitrogens is 2. The molecule has 0 unspecified atom stereocenters. The Morgan fingerprint density at radius 3 is 2.37 bits per heavy atom. The minimum Gasteiger partial charge on any atom is -0.348 e. The maximum Gasteiger partial charge on any atom is 0.416 e.